The van der Waals surface area contributed by atoms with Crippen molar-refractivity contribution in [2.45, 2.75) is 32.1 Å². The monoisotopic (exact) mass is 508 g/mol. The standard InChI is InChI=1S/C27H26F2N4O4/c1-17-14-32(16-30-17)24-9-6-18(12-20(24)15-35-2)11-19-5-4-10-33-25(19)31-37-27(33,26(34)36-3)22-13-21(28)7-8-23(22)29/h6-9,11-14,16H,4-5,10,15H2,1-3H3/b19-11+. The van der Waals surface area contributed by atoms with Gasteiger partial charge in [-0.2, -0.15) is 0 Å². The molecule has 37 heavy (non-hydrogen) atoms. The number of hydrogen-bond acceptors (Lipinski definition) is 7. The van der Waals surface area contributed by atoms with E-state index >= 15 is 0 Å². The van der Waals surface area contributed by atoms with E-state index in [1.54, 1.807) is 18.3 Å². The van der Waals surface area contributed by atoms with Crippen LogP contribution >= 0.6 is 0 Å². The van der Waals surface area contributed by atoms with Crippen LogP contribution in [0.2, 0.25) is 0 Å². The molecule has 2 aliphatic heterocycles. The number of carbonyl (C=O) groups is 1. The van der Waals surface area contributed by atoms with Crippen molar-refractivity contribution in [3.8, 4) is 5.69 Å². The lowest BCUT2D eigenvalue weighted by Gasteiger charge is -2.37. The van der Waals surface area contributed by atoms with Gasteiger partial charge < -0.3 is 23.8 Å². The maximum Gasteiger partial charge on any atom is 0.380 e. The van der Waals surface area contributed by atoms with E-state index in [1.807, 2.05) is 42.0 Å². The molecular weight excluding hydrogens is 482 g/mol. The first kappa shape index (κ1) is 24.6. The van der Waals surface area contributed by atoms with Gasteiger partial charge in [0.2, 0.25) is 0 Å². The van der Waals surface area contributed by atoms with E-state index in [0.29, 0.717) is 31.8 Å². The molecule has 3 aromatic rings. The predicted octanol–water partition coefficient (Wildman–Crippen LogP) is 4.45. The third kappa shape index (κ3) is 4.27. The number of oxime groups is 1. The van der Waals surface area contributed by atoms with Crippen LogP contribution in [0.1, 0.15) is 35.2 Å². The molecule has 8 nitrogen and oxygen atoms in total. The molecule has 10 heteroatoms. The van der Waals surface area contributed by atoms with Crippen molar-refractivity contribution in [1.29, 1.82) is 0 Å². The van der Waals surface area contributed by atoms with Crippen molar-refractivity contribution >= 4 is 17.9 Å². The summed E-state index contributed by atoms with van der Waals surface area (Å²) in [6.07, 6.45) is 6.94. The minimum Gasteiger partial charge on any atom is -0.464 e. The van der Waals surface area contributed by atoms with E-state index in [-0.39, 0.29) is 5.56 Å². The molecule has 0 aliphatic carbocycles. The first-order chi connectivity index (χ1) is 17.9. The molecule has 1 unspecified atom stereocenters. The van der Waals surface area contributed by atoms with Gasteiger partial charge in [-0.15, -0.1) is 0 Å². The molecule has 2 aromatic carbocycles. The molecule has 3 heterocycles. The Balaban J connectivity index is 1.53. The van der Waals surface area contributed by atoms with Gasteiger partial charge in [0.05, 0.1) is 37.0 Å². The van der Waals surface area contributed by atoms with Crippen LogP contribution in [0, 0.1) is 18.6 Å². The molecule has 0 spiro atoms. The third-order valence-corrected chi connectivity index (χ3v) is 6.50. The van der Waals surface area contributed by atoms with Crippen LogP contribution in [0.4, 0.5) is 8.78 Å². The van der Waals surface area contributed by atoms with Crippen LogP contribution in [0.5, 0.6) is 0 Å². The molecule has 2 aliphatic rings. The third-order valence-electron chi connectivity index (χ3n) is 6.50. The summed E-state index contributed by atoms with van der Waals surface area (Å²) < 4.78 is 41.4. The molecule has 5 rings (SSSR count). The molecule has 1 fully saturated rings. The number of rotatable bonds is 6. The van der Waals surface area contributed by atoms with E-state index in [9.17, 15) is 13.6 Å². The number of amidine groups is 1. The second-order valence-corrected chi connectivity index (χ2v) is 8.93. The first-order valence-corrected chi connectivity index (χ1v) is 11.8. The molecule has 0 saturated carbocycles. The van der Waals surface area contributed by atoms with Crippen LogP contribution in [0.3, 0.4) is 0 Å². The number of aryl methyl sites for hydroxylation is 1. The van der Waals surface area contributed by atoms with Crippen molar-refractivity contribution in [3.63, 3.8) is 0 Å². The van der Waals surface area contributed by atoms with Gasteiger partial charge in [0.15, 0.2) is 5.84 Å². The van der Waals surface area contributed by atoms with Crippen molar-refractivity contribution in [3.05, 3.63) is 88.5 Å². The van der Waals surface area contributed by atoms with Gasteiger partial charge in [-0.05, 0) is 67.3 Å². The summed E-state index contributed by atoms with van der Waals surface area (Å²) in [6.45, 7) is 2.66. The molecule has 0 amide bonds. The molecule has 0 N–H and O–H groups in total. The minimum absolute atomic E-state index is 0.290. The van der Waals surface area contributed by atoms with E-state index in [1.165, 1.54) is 7.11 Å². The zero-order valence-electron chi connectivity index (χ0n) is 20.7. The van der Waals surface area contributed by atoms with Crippen molar-refractivity contribution in [2.75, 3.05) is 20.8 Å². The fourth-order valence-corrected chi connectivity index (χ4v) is 4.85. The molecule has 192 valence electrons. The number of halogens is 2. The smallest absolute Gasteiger partial charge is 0.380 e. The molecule has 1 atom stereocenters. The summed E-state index contributed by atoms with van der Waals surface area (Å²) in [5, 5.41) is 4.18. The number of aromatic nitrogens is 2. The second kappa shape index (κ2) is 9.78. The fraction of sp³-hybridized carbons (Fsp3) is 0.296. The summed E-state index contributed by atoms with van der Waals surface area (Å²) >= 11 is 0. The van der Waals surface area contributed by atoms with E-state index < -0.39 is 23.3 Å². The minimum atomic E-state index is -2.06. The van der Waals surface area contributed by atoms with Gasteiger partial charge in [-0.25, -0.2) is 18.6 Å². The highest BCUT2D eigenvalue weighted by Crippen LogP contribution is 2.42. The van der Waals surface area contributed by atoms with Gasteiger partial charge in [-0.1, -0.05) is 11.2 Å². The first-order valence-electron chi connectivity index (χ1n) is 11.8. The van der Waals surface area contributed by atoms with Crippen LogP contribution in [0.15, 0.2) is 59.7 Å². The van der Waals surface area contributed by atoms with E-state index in [4.69, 9.17) is 14.3 Å². The summed E-state index contributed by atoms with van der Waals surface area (Å²) in [4.78, 5) is 24.5. The van der Waals surface area contributed by atoms with Gasteiger partial charge in [-0.3, -0.25) is 0 Å². The number of fused-ring (bicyclic) bond motifs is 1. The zero-order chi connectivity index (χ0) is 26.2. The lowest BCUT2D eigenvalue weighted by Crippen LogP contribution is -2.54. The van der Waals surface area contributed by atoms with E-state index in [0.717, 1.165) is 46.3 Å². The topological polar surface area (TPSA) is 78.2 Å². The maximum atomic E-state index is 14.9. The Morgan fingerprint density at radius 1 is 1.22 bits per heavy atom. The normalized spacial score (nSPS) is 20.0. The Labute approximate surface area is 212 Å². The quantitative estimate of drug-likeness (QED) is 0.458. The van der Waals surface area contributed by atoms with Crippen LogP contribution < -0.4 is 0 Å². The Morgan fingerprint density at radius 3 is 2.78 bits per heavy atom. The maximum absolute atomic E-state index is 14.9. The Hall–Kier alpha value is -4.05. The average Bonchev–Trinajstić information content (AvgIpc) is 3.50. The predicted molar refractivity (Wildman–Crippen MR) is 132 cm³/mol. The van der Waals surface area contributed by atoms with Gasteiger partial charge in [0.1, 0.15) is 11.6 Å². The van der Waals surface area contributed by atoms with Crippen LogP contribution in [-0.4, -0.2) is 47.0 Å². The highest BCUT2D eigenvalue weighted by Gasteiger charge is 2.58. The molecule has 1 aromatic heterocycles. The van der Waals surface area contributed by atoms with Crippen LogP contribution in [0.25, 0.3) is 11.8 Å². The zero-order valence-corrected chi connectivity index (χ0v) is 20.7. The number of esters is 1. The summed E-state index contributed by atoms with van der Waals surface area (Å²) in [5.74, 6) is -2.01. The van der Waals surface area contributed by atoms with Gasteiger partial charge in [0, 0.05) is 25.4 Å². The number of benzene rings is 2. The molecule has 1 saturated heterocycles. The Morgan fingerprint density at radius 2 is 2.05 bits per heavy atom. The van der Waals surface area contributed by atoms with Gasteiger partial charge >= 0.3 is 11.7 Å². The van der Waals surface area contributed by atoms with Crippen molar-refractivity contribution in [2.24, 2.45) is 5.16 Å². The number of hydrogen-bond donors (Lipinski definition) is 0. The van der Waals surface area contributed by atoms with E-state index in [2.05, 4.69) is 10.1 Å². The van der Waals surface area contributed by atoms with Crippen molar-refractivity contribution in [1.82, 2.24) is 14.5 Å². The number of nitrogens with zero attached hydrogens (tertiary/aromatic N) is 4. The fourth-order valence-electron chi connectivity index (χ4n) is 4.85. The van der Waals surface area contributed by atoms with Crippen molar-refractivity contribution < 1.29 is 27.9 Å². The van der Waals surface area contributed by atoms with Gasteiger partial charge in [0.25, 0.3) is 0 Å². The Bertz CT molecular complexity index is 1420. The molecule has 0 bridgehead atoms. The number of ether oxygens (including phenoxy) is 2. The molecular formula is C27H26F2N4O4. The number of carbonyl (C=O) groups excluding carboxylic acids is 1. The summed E-state index contributed by atoms with van der Waals surface area (Å²) in [6, 6.07) is 8.83. The molecule has 0 radical (unpaired) electrons. The SMILES string of the molecule is COCc1cc(/C=C2\CCCN3C2=NOC3(C(=O)OC)c2cc(F)ccc2F)ccc1-n1cnc(C)c1. The summed E-state index contributed by atoms with van der Waals surface area (Å²) in [5.41, 5.74) is 2.14. The largest absolute Gasteiger partial charge is 0.464 e. The number of methoxy groups -OCH3 is 2. The highest BCUT2D eigenvalue weighted by atomic mass is 19.1. The number of piperidine rings is 1. The number of imidazole rings is 1. The second-order valence-electron chi connectivity index (χ2n) is 8.93. The van der Waals surface area contributed by atoms with Crippen LogP contribution in [-0.2, 0) is 31.4 Å². The highest BCUT2D eigenvalue weighted by molar-refractivity contribution is 6.06. The Kier molecular flexibility index (Phi) is 6.51. The lowest BCUT2D eigenvalue weighted by atomic mass is 9.93. The lowest BCUT2D eigenvalue weighted by molar-refractivity contribution is -0.187. The summed E-state index contributed by atoms with van der Waals surface area (Å²) in [7, 11) is 2.81. The average molecular weight is 509 g/mol.